The summed E-state index contributed by atoms with van der Waals surface area (Å²) in [4.78, 5) is 4.31. The van der Waals surface area contributed by atoms with E-state index in [1.165, 1.54) is 0 Å². The van der Waals surface area contributed by atoms with Crippen molar-refractivity contribution < 1.29 is 4.74 Å². The largest absolute Gasteiger partial charge is 0.496 e. The molecule has 0 aliphatic heterocycles. The topological polar surface area (TPSA) is 57.9 Å². The van der Waals surface area contributed by atoms with Gasteiger partial charge in [-0.3, -0.25) is 4.98 Å². The number of benzene rings is 1. The molecule has 1 heterocycles. The third-order valence-corrected chi connectivity index (χ3v) is 3.27. The van der Waals surface area contributed by atoms with Gasteiger partial charge in [0.2, 0.25) is 0 Å². The van der Waals surface area contributed by atoms with Crippen LogP contribution < -0.4 is 10.1 Å². The third-order valence-electron chi connectivity index (χ3n) is 2.63. The van der Waals surface area contributed by atoms with Crippen LogP contribution in [0, 0.1) is 11.3 Å². The zero-order valence-electron chi connectivity index (χ0n) is 10.1. The molecule has 18 heavy (non-hydrogen) atoms. The maximum absolute atomic E-state index is 9.15. The van der Waals surface area contributed by atoms with Gasteiger partial charge < -0.3 is 10.1 Å². The van der Waals surface area contributed by atoms with Crippen LogP contribution in [0.2, 0.25) is 0 Å². The molecule has 0 fully saturated rings. The van der Waals surface area contributed by atoms with Crippen molar-refractivity contribution in [2.75, 3.05) is 19.0 Å². The Morgan fingerprint density at radius 1 is 1.50 bits per heavy atom. The summed E-state index contributed by atoms with van der Waals surface area (Å²) in [7, 11) is 1.61. The van der Waals surface area contributed by atoms with E-state index in [1.54, 1.807) is 13.3 Å². The second-order valence-corrected chi connectivity index (χ2v) is 4.52. The van der Waals surface area contributed by atoms with Gasteiger partial charge in [0.1, 0.15) is 11.8 Å². The van der Waals surface area contributed by atoms with Gasteiger partial charge in [-0.25, -0.2) is 0 Å². The van der Waals surface area contributed by atoms with Gasteiger partial charge in [-0.2, -0.15) is 5.26 Å². The second kappa shape index (κ2) is 5.23. The summed E-state index contributed by atoms with van der Waals surface area (Å²) in [5.41, 5.74) is 2.06. The highest BCUT2D eigenvalue weighted by atomic mass is 79.9. The lowest BCUT2D eigenvalue weighted by Gasteiger charge is -2.13. The minimum Gasteiger partial charge on any atom is -0.496 e. The summed E-state index contributed by atoms with van der Waals surface area (Å²) < 4.78 is 6.24. The van der Waals surface area contributed by atoms with Gasteiger partial charge in [0.15, 0.2) is 0 Å². The molecule has 1 aromatic heterocycles. The molecule has 1 N–H and O–H groups in total. The van der Waals surface area contributed by atoms with E-state index in [4.69, 9.17) is 10.00 Å². The normalized spacial score (nSPS) is 10.1. The van der Waals surface area contributed by atoms with E-state index < -0.39 is 0 Å². The number of hydrogen-bond donors (Lipinski definition) is 1. The van der Waals surface area contributed by atoms with Gasteiger partial charge in [-0.05, 0) is 35.0 Å². The van der Waals surface area contributed by atoms with E-state index in [9.17, 15) is 0 Å². The lowest BCUT2D eigenvalue weighted by atomic mass is 10.1. The molecule has 5 heteroatoms. The molecule has 0 aliphatic rings. The van der Waals surface area contributed by atoms with E-state index >= 15 is 0 Å². The predicted octanol–water partition coefficient (Wildman–Crippen LogP) is 3.31. The van der Waals surface area contributed by atoms with Gasteiger partial charge >= 0.3 is 0 Å². The van der Waals surface area contributed by atoms with Crippen LogP contribution in [0.25, 0.3) is 10.9 Å². The van der Waals surface area contributed by atoms with Crippen LogP contribution in [0.3, 0.4) is 0 Å². The van der Waals surface area contributed by atoms with Crippen molar-refractivity contribution in [2.45, 2.75) is 6.92 Å². The van der Waals surface area contributed by atoms with Crippen molar-refractivity contribution in [2.24, 2.45) is 0 Å². The number of rotatable bonds is 3. The third kappa shape index (κ3) is 2.00. The van der Waals surface area contributed by atoms with E-state index in [1.807, 2.05) is 19.1 Å². The molecule has 0 aliphatic carbocycles. The van der Waals surface area contributed by atoms with Crippen molar-refractivity contribution in [3.63, 3.8) is 0 Å². The van der Waals surface area contributed by atoms with Crippen LogP contribution in [0.5, 0.6) is 5.75 Å². The summed E-state index contributed by atoms with van der Waals surface area (Å²) in [5, 5.41) is 13.2. The molecule has 0 saturated heterocycles. The van der Waals surface area contributed by atoms with E-state index in [2.05, 4.69) is 32.3 Å². The lowest BCUT2D eigenvalue weighted by Crippen LogP contribution is -2.02. The first-order valence-electron chi connectivity index (χ1n) is 5.52. The number of nitrogens with one attached hydrogen (secondary N) is 1. The van der Waals surface area contributed by atoms with Gasteiger partial charge in [0, 0.05) is 17.2 Å². The first-order chi connectivity index (χ1) is 8.72. The molecule has 92 valence electrons. The Bertz CT molecular complexity index is 634. The van der Waals surface area contributed by atoms with Crippen LogP contribution in [0.15, 0.2) is 22.8 Å². The molecule has 0 spiro atoms. The number of methoxy groups -OCH3 is 1. The van der Waals surface area contributed by atoms with Crippen molar-refractivity contribution in [3.8, 4) is 11.8 Å². The van der Waals surface area contributed by atoms with E-state index in [-0.39, 0.29) is 0 Å². The predicted molar refractivity (Wildman–Crippen MR) is 74.9 cm³/mol. The molecule has 0 bridgehead atoms. The number of ether oxygens (including phenoxy) is 1. The zero-order valence-corrected chi connectivity index (χ0v) is 11.7. The standard InChI is InChI=1S/C13H12BrN3O/c1-3-16-12-8(6-15)7-17-13-9(14)4-5-10(18-2)11(12)13/h4-5,7H,3H2,1-2H3,(H,16,17). The number of pyridine rings is 1. The summed E-state index contributed by atoms with van der Waals surface area (Å²) in [6.45, 7) is 2.71. The van der Waals surface area contributed by atoms with Gasteiger partial charge in [0.25, 0.3) is 0 Å². The number of halogens is 1. The van der Waals surface area contributed by atoms with Crippen molar-refractivity contribution in [3.05, 3.63) is 28.4 Å². The molecular formula is C13H12BrN3O. The van der Waals surface area contributed by atoms with Crippen LogP contribution in [-0.4, -0.2) is 18.6 Å². The average Bonchev–Trinajstić information content (AvgIpc) is 2.40. The van der Waals surface area contributed by atoms with Crippen LogP contribution in [-0.2, 0) is 0 Å². The van der Waals surface area contributed by atoms with Crippen LogP contribution in [0.4, 0.5) is 5.69 Å². The first kappa shape index (κ1) is 12.7. The van der Waals surface area contributed by atoms with Crippen molar-refractivity contribution in [1.82, 2.24) is 4.98 Å². The number of fused-ring (bicyclic) bond motifs is 1. The summed E-state index contributed by atoms with van der Waals surface area (Å²) >= 11 is 3.46. The SMILES string of the molecule is CCNc1c(C#N)cnc2c(Br)ccc(OC)c12. The van der Waals surface area contributed by atoms with Gasteiger partial charge in [0.05, 0.1) is 29.3 Å². The highest BCUT2D eigenvalue weighted by Gasteiger charge is 2.14. The average molecular weight is 306 g/mol. The number of nitriles is 1. The highest BCUT2D eigenvalue weighted by Crippen LogP contribution is 2.37. The smallest absolute Gasteiger partial charge is 0.130 e. The summed E-state index contributed by atoms with van der Waals surface area (Å²) in [6, 6.07) is 5.89. The fraction of sp³-hybridized carbons (Fsp3) is 0.231. The maximum atomic E-state index is 9.15. The monoisotopic (exact) mass is 305 g/mol. The Labute approximate surface area is 114 Å². The molecule has 0 atom stereocenters. The fourth-order valence-electron chi connectivity index (χ4n) is 1.86. The Morgan fingerprint density at radius 2 is 2.28 bits per heavy atom. The molecule has 0 amide bonds. The first-order valence-corrected chi connectivity index (χ1v) is 6.31. The van der Waals surface area contributed by atoms with Crippen LogP contribution in [0.1, 0.15) is 12.5 Å². The highest BCUT2D eigenvalue weighted by molar-refractivity contribution is 9.10. The Balaban J connectivity index is 2.89. The quantitative estimate of drug-likeness (QED) is 0.945. The molecule has 0 unspecified atom stereocenters. The molecular weight excluding hydrogens is 294 g/mol. The molecule has 1 aromatic carbocycles. The molecule has 0 saturated carbocycles. The van der Waals surface area contributed by atoms with E-state index in [0.717, 1.165) is 27.6 Å². The number of hydrogen-bond acceptors (Lipinski definition) is 4. The molecule has 4 nitrogen and oxygen atoms in total. The van der Waals surface area contributed by atoms with Gasteiger partial charge in [-0.15, -0.1) is 0 Å². The fourth-order valence-corrected chi connectivity index (χ4v) is 2.29. The minimum absolute atomic E-state index is 0.515. The van der Waals surface area contributed by atoms with Crippen molar-refractivity contribution in [1.29, 1.82) is 5.26 Å². The number of aromatic nitrogens is 1. The number of anilines is 1. The Kier molecular flexibility index (Phi) is 3.68. The number of nitrogens with zero attached hydrogens (tertiary/aromatic N) is 2. The summed E-state index contributed by atoms with van der Waals surface area (Å²) in [6.07, 6.45) is 1.57. The van der Waals surface area contributed by atoms with Gasteiger partial charge in [-0.1, -0.05) is 0 Å². The zero-order chi connectivity index (χ0) is 13.1. The molecule has 2 rings (SSSR count). The van der Waals surface area contributed by atoms with Crippen molar-refractivity contribution >= 4 is 32.5 Å². The Hall–Kier alpha value is -1.80. The molecule has 2 aromatic rings. The van der Waals surface area contributed by atoms with Crippen LogP contribution >= 0.6 is 15.9 Å². The minimum atomic E-state index is 0.515. The van der Waals surface area contributed by atoms with E-state index in [0.29, 0.717) is 11.3 Å². The molecule has 0 radical (unpaired) electrons. The lowest BCUT2D eigenvalue weighted by molar-refractivity contribution is 0.420. The maximum Gasteiger partial charge on any atom is 0.130 e. The second-order valence-electron chi connectivity index (χ2n) is 3.66. The Morgan fingerprint density at radius 3 is 2.89 bits per heavy atom. The summed E-state index contributed by atoms with van der Waals surface area (Å²) in [5.74, 6) is 0.703.